The largest absolute Gasteiger partial charge is 0.411 e. The number of alkyl halides is 3. The molecule has 0 atom stereocenters. The van der Waals surface area contributed by atoms with Crippen molar-refractivity contribution in [1.82, 2.24) is 14.7 Å². The summed E-state index contributed by atoms with van der Waals surface area (Å²) in [6, 6.07) is 3.43. The Hall–Kier alpha value is -1.80. The van der Waals surface area contributed by atoms with Gasteiger partial charge in [0.25, 0.3) is 0 Å². The number of nitrogens with zero attached hydrogens (tertiary/aromatic N) is 2. The maximum Gasteiger partial charge on any atom is 0.411 e. The van der Waals surface area contributed by atoms with E-state index in [1.165, 1.54) is 0 Å². The molecule has 9 heteroatoms. The van der Waals surface area contributed by atoms with Gasteiger partial charge in [-0.3, -0.25) is 4.79 Å². The number of imidazole rings is 1. The Bertz CT molecular complexity index is 658. The minimum atomic E-state index is -4.38. The summed E-state index contributed by atoms with van der Waals surface area (Å²) in [7, 11) is 0. The number of rotatable bonds is 6. The number of hydrogen-bond donors (Lipinski definition) is 1. The van der Waals surface area contributed by atoms with Crippen molar-refractivity contribution in [2.24, 2.45) is 0 Å². The molecule has 2 rings (SSSR count). The van der Waals surface area contributed by atoms with Gasteiger partial charge in [-0.15, -0.1) is 0 Å². The SMILES string of the molecule is O=C(CCOCC(F)(F)F)NCc1cn2cc(Cl)ccc2n1. The lowest BCUT2D eigenvalue weighted by molar-refractivity contribution is -0.174. The molecule has 1 amide bonds. The summed E-state index contributed by atoms with van der Waals surface area (Å²) < 4.78 is 41.6. The summed E-state index contributed by atoms with van der Waals surface area (Å²) >= 11 is 5.85. The van der Waals surface area contributed by atoms with Crippen LogP contribution in [0, 0.1) is 0 Å². The minimum Gasteiger partial charge on any atom is -0.372 e. The Labute approximate surface area is 129 Å². The van der Waals surface area contributed by atoms with Crippen LogP contribution in [0.3, 0.4) is 0 Å². The lowest BCUT2D eigenvalue weighted by atomic mass is 10.4. The van der Waals surface area contributed by atoms with E-state index < -0.39 is 18.7 Å². The molecule has 0 saturated heterocycles. The monoisotopic (exact) mass is 335 g/mol. The minimum absolute atomic E-state index is 0.144. The topological polar surface area (TPSA) is 55.6 Å². The van der Waals surface area contributed by atoms with Crippen LogP contribution in [0.2, 0.25) is 5.02 Å². The molecule has 2 aromatic rings. The number of hydrogen-bond acceptors (Lipinski definition) is 3. The fraction of sp³-hybridized carbons (Fsp3) is 0.385. The molecule has 0 aliphatic carbocycles. The van der Waals surface area contributed by atoms with Crippen molar-refractivity contribution >= 4 is 23.2 Å². The predicted octanol–water partition coefficient (Wildman–Crippen LogP) is 2.57. The van der Waals surface area contributed by atoms with Gasteiger partial charge in [0, 0.05) is 18.8 Å². The molecule has 22 heavy (non-hydrogen) atoms. The van der Waals surface area contributed by atoms with Crippen LogP contribution in [-0.2, 0) is 16.1 Å². The molecule has 0 radical (unpaired) electrons. The first kappa shape index (κ1) is 16.6. The van der Waals surface area contributed by atoms with Crippen molar-refractivity contribution in [3.63, 3.8) is 0 Å². The van der Waals surface area contributed by atoms with E-state index >= 15 is 0 Å². The molecule has 0 aliphatic heterocycles. The molecule has 1 N–H and O–H groups in total. The summed E-state index contributed by atoms with van der Waals surface area (Å²) in [4.78, 5) is 15.7. The number of carbonyl (C=O) groups excluding carboxylic acids is 1. The maximum absolute atomic E-state index is 11.8. The first-order chi connectivity index (χ1) is 10.3. The van der Waals surface area contributed by atoms with Gasteiger partial charge in [-0.1, -0.05) is 11.6 Å². The van der Waals surface area contributed by atoms with Crippen LogP contribution in [0.25, 0.3) is 5.65 Å². The molecule has 0 unspecified atom stereocenters. The highest BCUT2D eigenvalue weighted by molar-refractivity contribution is 6.30. The molecule has 0 spiro atoms. The zero-order chi connectivity index (χ0) is 16.2. The van der Waals surface area contributed by atoms with Crippen LogP contribution >= 0.6 is 11.6 Å². The Morgan fingerprint density at radius 1 is 1.36 bits per heavy atom. The Morgan fingerprint density at radius 3 is 2.86 bits per heavy atom. The van der Waals surface area contributed by atoms with Crippen molar-refractivity contribution in [2.75, 3.05) is 13.2 Å². The highest BCUT2D eigenvalue weighted by atomic mass is 35.5. The highest BCUT2D eigenvalue weighted by Crippen LogP contribution is 2.14. The molecular weight excluding hydrogens is 323 g/mol. The average molecular weight is 336 g/mol. The lowest BCUT2D eigenvalue weighted by Gasteiger charge is -2.07. The summed E-state index contributed by atoms with van der Waals surface area (Å²) in [6.07, 6.45) is -1.13. The molecule has 0 aromatic carbocycles. The molecule has 120 valence electrons. The van der Waals surface area contributed by atoms with Gasteiger partial charge >= 0.3 is 6.18 Å². The number of pyridine rings is 1. The fourth-order valence-electron chi connectivity index (χ4n) is 1.73. The van der Waals surface area contributed by atoms with E-state index in [-0.39, 0.29) is 19.6 Å². The van der Waals surface area contributed by atoms with Gasteiger partial charge in [0.15, 0.2) is 0 Å². The molecule has 0 bridgehead atoms. The Balaban J connectivity index is 1.75. The molecule has 2 aromatic heterocycles. The van der Waals surface area contributed by atoms with Gasteiger partial charge in [0.05, 0.1) is 23.9 Å². The van der Waals surface area contributed by atoms with Gasteiger partial charge < -0.3 is 14.5 Å². The van der Waals surface area contributed by atoms with Crippen LogP contribution in [0.4, 0.5) is 13.2 Å². The van der Waals surface area contributed by atoms with E-state index in [4.69, 9.17) is 11.6 Å². The van der Waals surface area contributed by atoms with Crippen molar-refractivity contribution in [3.8, 4) is 0 Å². The third kappa shape index (κ3) is 5.19. The molecule has 0 fully saturated rings. The number of fused-ring (bicyclic) bond motifs is 1. The molecule has 2 heterocycles. The highest BCUT2D eigenvalue weighted by Gasteiger charge is 2.27. The quantitative estimate of drug-likeness (QED) is 0.825. The average Bonchev–Trinajstić information content (AvgIpc) is 2.82. The second-order valence-electron chi connectivity index (χ2n) is 4.54. The third-order valence-corrected chi connectivity index (χ3v) is 2.89. The first-order valence-corrected chi connectivity index (χ1v) is 6.75. The van der Waals surface area contributed by atoms with Crippen molar-refractivity contribution in [1.29, 1.82) is 0 Å². The first-order valence-electron chi connectivity index (χ1n) is 6.38. The summed E-state index contributed by atoms with van der Waals surface area (Å²) in [6.45, 7) is -1.46. The Kier molecular flexibility index (Phi) is 5.25. The van der Waals surface area contributed by atoms with E-state index in [0.717, 1.165) is 0 Å². The van der Waals surface area contributed by atoms with Crippen LogP contribution < -0.4 is 5.32 Å². The third-order valence-electron chi connectivity index (χ3n) is 2.67. The van der Waals surface area contributed by atoms with Gasteiger partial charge in [0.1, 0.15) is 12.3 Å². The van der Waals surface area contributed by atoms with Gasteiger partial charge in [-0.05, 0) is 12.1 Å². The second kappa shape index (κ2) is 6.97. The van der Waals surface area contributed by atoms with Crippen LogP contribution in [0.5, 0.6) is 0 Å². The predicted molar refractivity (Wildman–Crippen MR) is 73.5 cm³/mol. The van der Waals surface area contributed by atoms with Gasteiger partial charge in [-0.2, -0.15) is 13.2 Å². The number of halogens is 4. The van der Waals surface area contributed by atoms with E-state index in [9.17, 15) is 18.0 Å². The summed E-state index contributed by atoms with van der Waals surface area (Å²) in [5.41, 5.74) is 1.30. The smallest absolute Gasteiger partial charge is 0.372 e. The fourth-order valence-corrected chi connectivity index (χ4v) is 1.90. The molecular formula is C13H13ClF3N3O2. The van der Waals surface area contributed by atoms with E-state index in [1.807, 2.05) is 0 Å². The van der Waals surface area contributed by atoms with Crippen LogP contribution in [0.1, 0.15) is 12.1 Å². The van der Waals surface area contributed by atoms with E-state index in [0.29, 0.717) is 16.4 Å². The number of aromatic nitrogens is 2. The maximum atomic E-state index is 11.8. The number of amides is 1. The number of ether oxygens (including phenoxy) is 1. The Morgan fingerprint density at radius 2 is 2.14 bits per heavy atom. The molecule has 0 aliphatic rings. The van der Waals surface area contributed by atoms with Gasteiger partial charge in [0.2, 0.25) is 5.91 Å². The zero-order valence-electron chi connectivity index (χ0n) is 11.4. The molecule has 0 saturated carbocycles. The van der Waals surface area contributed by atoms with Gasteiger partial charge in [-0.25, -0.2) is 4.98 Å². The zero-order valence-corrected chi connectivity index (χ0v) is 12.1. The number of carbonyl (C=O) groups is 1. The van der Waals surface area contributed by atoms with E-state index in [1.54, 1.807) is 28.9 Å². The molecule has 5 nitrogen and oxygen atoms in total. The lowest BCUT2D eigenvalue weighted by Crippen LogP contribution is -2.25. The van der Waals surface area contributed by atoms with E-state index in [2.05, 4.69) is 15.0 Å². The van der Waals surface area contributed by atoms with Crippen molar-refractivity contribution in [2.45, 2.75) is 19.1 Å². The summed E-state index contributed by atoms with van der Waals surface area (Å²) in [5, 5.41) is 3.12. The normalized spacial score (nSPS) is 11.8. The van der Waals surface area contributed by atoms with Crippen LogP contribution in [0.15, 0.2) is 24.5 Å². The number of nitrogens with one attached hydrogen (secondary N) is 1. The van der Waals surface area contributed by atoms with Crippen molar-refractivity contribution < 1.29 is 22.7 Å². The summed E-state index contributed by atoms with van der Waals surface area (Å²) in [5.74, 6) is -0.405. The second-order valence-corrected chi connectivity index (χ2v) is 4.98. The van der Waals surface area contributed by atoms with Crippen molar-refractivity contribution in [3.05, 3.63) is 35.2 Å². The van der Waals surface area contributed by atoms with Crippen LogP contribution in [-0.4, -0.2) is 34.7 Å². The standard InChI is InChI=1S/C13H13ClF3N3O2/c14-9-1-2-11-19-10(7-20(11)6-9)5-18-12(21)3-4-22-8-13(15,16)17/h1-2,6-7H,3-5,8H2,(H,18,21).